The summed E-state index contributed by atoms with van der Waals surface area (Å²) in [5, 5.41) is 11.5. The third-order valence-electron chi connectivity index (χ3n) is 3.02. The van der Waals surface area contributed by atoms with E-state index in [9.17, 15) is 18.0 Å². The first-order valence-corrected chi connectivity index (χ1v) is 7.57. The fraction of sp³-hybridized carbons (Fsp3) is 0.500. The van der Waals surface area contributed by atoms with E-state index in [0.29, 0.717) is 0 Å². The monoisotopic (exact) mass is 318 g/mol. The lowest BCUT2D eigenvalue weighted by atomic mass is 10.2. The molecule has 0 radical (unpaired) electrons. The van der Waals surface area contributed by atoms with Crippen LogP contribution in [-0.4, -0.2) is 50.3 Å². The normalized spacial score (nSPS) is 11.7. The van der Waals surface area contributed by atoms with Crippen molar-refractivity contribution in [2.45, 2.75) is 25.2 Å². The number of aromatic carboxylic acids is 1. The van der Waals surface area contributed by atoms with E-state index in [2.05, 4.69) is 5.32 Å². The number of aryl methyl sites for hydroxylation is 2. The maximum atomic E-state index is 12.5. The molecular formula is C12H18N2O6S. The van der Waals surface area contributed by atoms with Crippen LogP contribution >= 0.6 is 0 Å². The highest BCUT2D eigenvalue weighted by molar-refractivity contribution is 7.89. The molecule has 0 spiro atoms. The topological polar surface area (TPSA) is 117 Å². The Morgan fingerprint density at radius 1 is 1.29 bits per heavy atom. The van der Waals surface area contributed by atoms with Crippen molar-refractivity contribution in [1.82, 2.24) is 9.62 Å². The van der Waals surface area contributed by atoms with E-state index in [1.54, 1.807) is 0 Å². The van der Waals surface area contributed by atoms with Gasteiger partial charge in [-0.1, -0.05) is 0 Å². The molecule has 9 heteroatoms. The highest BCUT2D eigenvalue weighted by Crippen LogP contribution is 2.28. The van der Waals surface area contributed by atoms with Gasteiger partial charge in [-0.3, -0.25) is 4.79 Å². The fourth-order valence-electron chi connectivity index (χ4n) is 1.88. The molecule has 1 heterocycles. The van der Waals surface area contributed by atoms with Gasteiger partial charge in [0.25, 0.3) is 0 Å². The van der Waals surface area contributed by atoms with Crippen molar-refractivity contribution in [1.29, 1.82) is 0 Å². The second kappa shape index (κ2) is 6.27. The van der Waals surface area contributed by atoms with Gasteiger partial charge in [0, 0.05) is 27.1 Å². The van der Waals surface area contributed by atoms with E-state index in [1.165, 1.54) is 27.9 Å². The van der Waals surface area contributed by atoms with Gasteiger partial charge in [-0.05, 0) is 13.8 Å². The summed E-state index contributed by atoms with van der Waals surface area (Å²) in [6.07, 6.45) is -0.0233. The van der Waals surface area contributed by atoms with E-state index < -0.39 is 16.0 Å². The Labute approximate surface area is 122 Å². The van der Waals surface area contributed by atoms with Crippen LogP contribution in [0.1, 0.15) is 28.3 Å². The molecule has 0 aliphatic rings. The SMILES string of the molecule is CNC(=O)CCN(C)S(=O)(=O)c1c(C)oc(C)c1C(=O)O. The number of furan rings is 1. The highest BCUT2D eigenvalue weighted by Gasteiger charge is 2.33. The van der Waals surface area contributed by atoms with Gasteiger partial charge < -0.3 is 14.8 Å². The average molecular weight is 318 g/mol. The number of amides is 1. The molecule has 0 fully saturated rings. The predicted molar refractivity (Wildman–Crippen MR) is 73.6 cm³/mol. The number of sulfonamides is 1. The number of nitrogens with one attached hydrogen (secondary N) is 1. The number of carbonyl (C=O) groups excluding carboxylic acids is 1. The van der Waals surface area contributed by atoms with Gasteiger partial charge in [-0.25, -0.2) is 17.5 Å². The predicted octanol–water partition coefficient (Wildman–Crippen LogP) is 0.351. The van der Waals surface area contributed by atoms with Crippen LogP contribution in [0.3, 0.4) is 0 Å². The van der Waals surface area contributed by atoms with Gasteiger partial charge in [0.2, 0.25) is 15.9 Å². The largest absolute Gasteiger partial charge is 0.478 e. The van der Waals surface area contributed by atoms with Gasteiger partial charge >= 0.3 is 5.97 Å². The lowest BCUT2D eigenvalue weighted by Gasteiger charge is -2.16. The number of carboxylic acid groups (broad SMARTS) is 1. The number of rotatable bonds is 6. The fourth-order valence-corrected chi connectivity index (χ4v) is 3.42. The summed E-state index contributed by atoms with van der Waals surface area (Å²) in [7, 11) is -1.32. The Balaban J connectivity index is 3.19. The number of hydrogen-bond donors (Lipinski definition) is 2. The van der Waals surface area contributed by atoms with E-state index in [1.807, 2.05) is 0 Å². The van der Waals surface area contributed by atoms with Crippen LogP contribution in [0.4, 0.5) is 0 Å². The molecule has 0 unspecified atom stereocenters. The van der Waals surface area contributed by atoms with Crippen LogP contribution in [0.2, 0.25) is 0 Å². The van der Waals surface area contributed by atoms with Crippen LogP contribution < -0.4 is 5.32 Å². The Bertz CT molecular complexity index is 662. The molecule has 1 aromatic rings. The van der Waals surface area contributed by atoms with Gasteiger partial charge in [0.15, 0.2) is 0 Å². The maximum Gasteiger partial charge on any atom is 0.340 e. The first-order chi connectivity index (χ1) is 9.62. The van der Waals surface area contributed by atoms with Crippen LogP contribution in [0.5, 0.6) is 0 Å². The summed E-state index contributed by atoms with van der Waals surface area (Å²) in [4.78, 5) is 22.0. The molecule has 0 aliphatic carbocycles. The van der Waals surface area contributed by atoms with E-state index in [0.717, 1.165) is 4.31 Å². The molecule has 0 aromatic carbocycles. The minimum atomic E-state index is -4.05. The van der Waals surface area contributed by atoms with Crippen LogP contribution in [0.25, 0.3) is 0 Å². The quantitative estimate of drug-likeness (QED) is 0.781. The first-order valence-electron chi connectivity index (χ1n) is 6.13. The summed E-state index contributed by atoms with van der Waals surface area (Å²) in [6.45, 7) is 2.71. The maximum absolute atomic E-state index is 12.5. The molecule has 118 valence electrons. The van der Waals surface area contributed by atoms with Crippen LogP contribution in [0, 0.1) is 13.8 Å². The number of nitrogens with zero attached hydrogens (tertiary/aromatic N) is 1. The van der Waals surface area contributed by atoms with Crippen molar-refractivity contribution in [3.63, 3.8) is 0 Å². The highest BCUT2D eigenvalue weighted by atomic mass is 32.2. The lowest BCUT2D eigenvalue weighted by molar-refractivity contribution is -0.120. The summed E-state index contributed by atoms with van der Waals surface area (Å²) in [6, 6.07) is 0. The third-order valence-corrected chi connectivity index (χ3v) is 5.03. The van der Waals surface area contributed by atoms with Gasteiger partial charge in [0.1, 0.15) is 22.0 Å². The zero-order chi connectivity index (χ0) is 16.4. The van der Waals surface area contributed by atoms with Crippen molar-refractivity contribution in [3.05, 3.63) is 17.1 Å². The summed E-state index contributed by atoms with van der Waals surface area (Å²) >= 11 is 0. The van der Waals surface area contributed by atoms with Gasteiger partial charge in [-0.15, -0.1) is 0 Å². The molecule has 1 rings (SSSR count). The Kier molecular flexibility index (Phi) is 5.13. The molecule has 0 bridgehead atoms. The third kappa shape index (κ3) is 3.42. The standard InChI is InChI=1S/C12H18N2O6S/c1-7-10(12(16)17)11(8(2)20-7)21(18,19)14(4)6-5-9(15)13-3/h5-6H2,1-4H3,(H,13,15)(H,16,17). The van der Waals surface area contributed by atoms with E-state index >= 15 is 0 Å². The molecule has 8 nitrogen and oxygen atoms in total. The second-order valence-corrected chi connectivity index (χ2v) is 6.46. The van der Waals surface area contributed by atoms with Gasteiger partial charge in [0.05, 0.1) is 0 Å². The summed E-state index contributed by atoms with van der Waals surface area (Å²) < 4.78 is 31.0. The van der Waals surface area contributed by atoms with E-state index in [-0.39, 0.29) is 40.9 Å². The van der Waals surface area contributed by atoms with Crippen molar-refractivity contribution in [2.24, 2.45) is 0 Å². The van der Waals surface area contributed by atoms with Crippen LogP contribution in [0.15, 0.2) is 9.31 Å². The van der Waals surface area contributed by atoms with E-state index in [4.69, 9.17) is 9.52 Å². The molecule has 0 aliphatic heterocycles. The number of carboxylic acids is 1. The number of carbonyl (C=O) groups is 2. The molecule has 0 atom stereocenters. The molecule has 0 saturated heterocycles. The van der Waals surface area contributed by atoms with Gasteiger partial charge in [-0.2, -0.15) is 0 Å². The first kappa shape index (κ1) is 17.2. The summed E-state index contributed by atoms with van der Waals surface area (Å²) in [5.74, 6) is -1.65. The molecule has 0 saturated carbocycles. The second-order valence-electron chi connectivity index (χ2n) is 4.47. The summed E-state index contributed by atoms with van der Waals surface area (Å²) in [5.41, 5.74) is -0.376. The molecule has 2 N–H and O–H groups in total. The Hall–Kier alpha value is -1.87. The molecular weight excluding hydrogens is 300 g/mol. The minimum Gasteiger partial charge on any atom is -0.478 e. The van der Waals surface area contributed by atoms with Crippen molar-refractivity contribution < 1.29 is 27.5 Å². The Morgan fingerprint density at radius 2 is 1.86 bits per heavy atom. The minimum absolute atomic E-state index is 0.0108. The lowest BCUT2D eigenvalue weighted by Crippen LogP contribution is -2.32. The molecule has 21 heavy (non-hydrogen) atoms. The number of hydrogen-bond acceptors (Lipinski definition) is 5. The Morgan fingerprint density at radius 3 is 2.33 bits per heavy atom. The van der Waals surface area contributed by atoms with Crippen molar-refractivity contribution >= 4 is 21.9 Å². The zero-order valence-electron chi connectivity index (χ0n) is 12.3. The molecule has 1 amide bonds. The van der Waals surface area contributed by atoms with Crippen LogP contribution in [-0.2, 0) is 14.8 Å². The molecule has 1 aromatic heterocycles. The smallest absolute Gasteiger partial charge is 0.340 e. The van der Waals surface area contributed by atoms with Crippen molar-refractivity contribution in [3.8, 4) is 0 Å². The van der Waals surface area contributed by atoms with Crippen molar-refractivity contribution in [2.75, 3.05) is 20.6 Å². The average Bonchev–Trinajstić information content (AvgIpc) is 2.70. The zero-order valence-corrected chi connectivity index (χ0v) is 13.1.